The van der Waals surface area contributed by atoms with Gasteiger partial charge in [-0.15, -0.1) is 0 Å². The standard InChI is InChI=1S/C64H46N4O/c1-39-15-13-16-40(2)63(39)67-57-25-11-7-19-47(57)51-35-43(27-31-61(51)67)65-55-23-9-5-21-49(55)53-37-45(29-33-59(53)65)69-46-30-34-60-54(38-46)50-22-6-10-24-56(50)66(60)44-28-32-62-52(36-44)48-20-8-12-26-58(48)68(62)64-41(3)17-14-18-42(64)4/h5-38H,1-4H3. The Labute approximate surface area is 398 Å². The van der Waals surface area contributed by atoms with Crippen molar-refractivity contribution in [2.24, 2.45) is 0 Å². The molecule has 4 aromatic heterocycles. The molecule has 0 atom stereocenters. The van der Waals surface area contributed by atoms with Gasteiger partial charge in [-0.3, -0.25) is 0 Å². The first-order valence-electron chi connectivity index (χ1n) is 23.8. The molecule has 14 aromatic rings. The molecular formula is C64H46N4O. The van der Waals surface area contributed by atoms with E-state index in [4.69, 9.17) is 4.74 Å². The van der Waals surface area contributed by atoms with Gasteiger partial charge in [0.05, 0.1) is 55.5 Å². The van der Waals surface area contributed by atoms with E-state index in [1.165, 1.54) is 88.0 Å². The molecule has 0 spiro atoms. The minimum Gasteiger partial charge on any atom is -0.457 e. The van der Waals surface area contributed by atoms with Gasteiger partial charge in [0.1, 0.15) is 11.5 Å². The van der Waals surface area contributed by atoms with Crippen LogP contribution in [0.15, 0.2) is 206 Å². The van der Waals surface area contributed by atoms with Crippen LogP contribution in [-0.4, -0.2) is 18.3 Å². The molecular weight excluding hydrogens is 841 g/mol. The Morgan fingerprint density at radius 2 is 0.536 bits per heavy atom. The summed E-state index contributed by atoms with van der Waals surface area (Å²) in [6.45, 7) is 8.83. The average Bonchev–Trinajstić information content (AvgIpc) is 4.09. The fraction of sp³-hybridized carbons (Fsp3) is 0.0625. The summed E-state index contributed by atoms with van der Waals surface area (Å²) >= 11 is 0. The van der Waals surface area contributed by atoms with E-state index in [2.05, 4.69) is 252 Å². The molecule has 0 aliphatic rings. The SMILES string of the molecule is Cc1cccc(C)c1-n1c2ccccc2c2cc(-n3c4ccccc4c4cc(Oc5ccc6c(c5)c5ccccc5n6-c5ccc6c(c5)c5ccccc5n6-c5c(C)cccc5C)ccc43)ccc21. The highest BCUT2D eigenvalue weighted by atomic mass is 16.5. The number of benzene rings is 10. The van der Waals surface area contributed by atoms with Crippen molar-refractivity contribution in [2.75, 3.05) is 0 Å². The molecule has 5 heteroatoms. The number of aromatic nitrogens is 4. The fourth-order valence-corrected chi connectivity index (χ4v) is 11.7. The number of aryl methyl sites for hydroxylation is 4. The highest BCUT2D eigenvalue weighted by Crippen LogP contribution is 2.42. The van der Waals surface area contributed by atoms with E-state index in [1.807, 2.05) is 0 Å². The molecule has 69 heavy (non-hydrogen) atoms. The molecule has 0 aliphatic carbocycles. The summed E-state index contributed by atoms with van der Waals surface area (Å²) in [5.41, 5.74) is 19.2. The maximum absolute atomic E-state index is 6.84. The zero-order chi connectivity index (χ0) is 46.1. The van der Waals surface area contributed by atoms with E-state index < -0.39 is 0 Å². The number of para-hydroxylation sites is 6. The van der Waals surface area contributed by atoms with Crippen LogP contribution in [0.2, 0.25) is 0 Å². The second kappa shape index (κ2) is 14.9. The lowest BCUT2D eigenvalue weighted by Crippen LogP contribution is -2.00. The van der Waals surface area contributed by atoms with Crippen LogP contribution in [0.1, 0.15) is 22.3 Å². The number of hydrogen-bond acceptors (Lipinski definition) is 1. The predicted octanol–water partition coefficient (Wildman–Crippen LogP) is 17.1. The van der Waals surface area contributed by atoms with Crippen LogP contribution in [0.3, 0.4) is 0 Å². The predicted molar refractivity (Wildman–Crippen MR) is 289 cm³/mol. The summed E-state index contributed by atoms with van der Waals surface area (Å²) in [5.74, 6) is 1.60. The summed E-state index contributed by atoms with van der Waals surface area (Å²) in [6, 6.07) is 75.1. The van der Waals surface area contributed by atoms with E-state index in [0.717, 1.165) is 55.7 Å². The molecule has 0 saturated carbocycles. The van der Waals surface area contributed by atoms with Gasteiger partial charge in [-0.05, 0) is 147 Å². The molecule has 0 bridgehead atoms. The molecule has 0 amide bonds. The quantitative estimate of drug-likeness (QED) is 0.164. The zero-order valence-electron chi connectivity index (χ0n) is 38.8. The van der Waals surface area contributed by atoms with Crippen LogP contribution in [0.25, 0.3) is 110 Å². The lowest BCUT2D eigenvalue weighted by molar-refractivity contribution is 0.484. The molecule has 5 nitrogen and oxygen atoms in total. The van der Waals surface area contributed by atoms with E-state index >= 15 is 0 Å². The number of hydrogen-bond donors (Lipinski definition) is 0. The lowest BCUT2D eigenvalue weighted by Gasteiger charge is -2.15. The Bertz CT molecular complexity index is 4130. The van der Waals surface area contributed by atoms with Crippen molar-refractivity contribution < 1.29 is 4.74 Å². The topological polar surface area (TPSA) is 28.9 Å². The van der Waals surface area contributed by atoms with Crippen molar-refractivity contribution in [3.8, 4) is 34.2 Å². The second-order valence-electron chi connectivity index (χ2n) is 18.8. The summed E-state index contributed by atoms with van der Waals surface area (Å²) in [4.78, 5) is 0. The highest BCUT2D eigenvalue weighted by Gasteiger charge is 2.21. The zero-order valence-corrected chi connectivity index (χ0v) is 38.8. The Morgan fingerprint density at radius 1 is 0.246 bits per heavy atom. The van der Waals surface area contributed by atoms with Crippen molar-refractivity contribution in [1.82, 2.24) is 18.3 Å². The second-order valence-corrected chi connectivity index (χ2v) is 18.8. The largest absolute Gasteiger partial charge is 0.457 e. The van der Waals surface area contributed by atoms with Crippen LogP contribution < -0.4 is 4.74 Å². The van der Waals surface area contributed by atoms with Crippen molar-refractivity contribution >= 4 is 87.2 Å². The van der Waals surface area contributed by atoms with Crippen LogP contribution in [0.5, 0.6) is 11.5 Å². The first kappa shape index (κ1) is 39.4. The van der Waals surface area contributed by atoms with Crippen molar-refractivity contribution in [2.45, 2.75) is 27.7 Å². The third-order valence-electron chi connectivity index (χ3n) is 14.7. The monoisotopic (exact) mass is 886 g/mol. The van der Waals surface area contributed by atoms with Gasteiger partial charge < -0.3 is 23.0 Å². The normalized spacial score (nSPS) is 12.1. The Morgan fingerprint density at radius 3 is 0.913 bits per heavy atom. The van der Waals surface area contributed by atoms with Gasteiger partial charge in [0.25, 0.3) is 0 Å². The molecule has 0 saturated heterocycles. The van der Waals surface area contributed by atoms with Crippen LogP contribution in [0.4, 0.5) is 0 Å². The molecule has 14 rings (SSSR count). The Kier molecular flexibility index (Phi) is 8.47. The summed E-state index contributed by atoms with van der Waals surface area (Å²) < 4.78 is 16.5. The molecule has 0 N–H and O–H groups in total. The smallest absolute Gasteiger partial charge is 0.128 e. The molecule has 0 unspecified atom stereocenters. The number of ether oxygens (including phenoxy) is 1. The average molecular weight is 887 g/mol. The molecule has 10 aromatic carbocycles. The van der Waals surface area contributed by atoms with Gasteiger partial charge in [-0.2, -0.15) is 0 Å². The van der Waals surface area contributed by atoms with Crippen LogP contribution >= 0.6 is 0 Å². The molecule has 0 aliphatic heterocycles. The third kappa shape index (κ3) is 5.77. The van der Waals surface area contributed by atoms with Crippen molar-refractivity contribution in [3.05, 3.63) is 229 Å². The molecule has 0 radical (unpaired) electrons. The third-order valence-corrected chi connectivity index (χ3v) is 14.7. The molecule has 4 heterocycles. The minimum absolute atomic E-state index is 0.798. The van der Waals surface area contributed by atoms with Gasteiger partial charge in [0.2, 0.25) is 0 Å². The Hall–Kier alpha value is -8.80. The highest BCUT2D eigenvalue weighted by molar-refractivity contribution is 6.14. The molecule has 0 fully saturated rings. The van der Waals surface area contributed by atoms with E-state index in [9.17, 15) is 0 Å². The summed E-state index contributed by atoms with van der Waals surface area (Å²) in [6.07, 6.45) is 0. The van der Waals surface area contributed by atoms with Crippen molar-refractivity contribution in [1.29, 1.82) is 0 Å². The van der Waals surface area contributed by atoms with E-state index in [0.29, 0.717) is 0 Å². The lowest BCUT2D eigenvalue weighted by atomic mass is 10.1. The van der Waals surface area contributed by atoms with Gasteiger partial charge in [0.15, 0.2) is 0 Å². The van der Waals surface area contributed by atoms with Crippen LogP contribution in [-0.2, 0) is 0 Å². The fourth-order valence-electron chi connectivity index (χ4n) is 11.7. The van der Waals surface area contributed by atoms with Gasteiger partial charge >= 0.3 is 0 Å². The maximum Gasteiger partial charge on any atom is 0.128 e. The van der Waals surface area contributed by atoms with Crippen LogP contribution in [0, 0.1) is 27.7 Å². The van der Waals surface area contributed by atoms with E-state index in [-0.39, 0.29) is 0 Å². The summed E-state index contributed by atoms with van der Waals surface area (Å²) in [5, 5.41) is 9.61. The number of fused-ring (bicyclic) bond motifs is 12. The first-order valence-corrected chi connectivity index (χ1v) is 23.8. The van der Waals surface area contributed by atoms with Crippen molar-refractivity contribution in [3.63, 3.8) is 0 Å². The van der Waals surface area contributed by atoms with Gasteiger partial charge in [-0.25, -0.2) is 0 Å². The summed E-state index contributed by atoms with van der Waals surface area (Å²) in [7, 11) is 0. The maximum atomic E-state index is 6.84. The first-order chi connectivity index (χ1) is 33.9. The van der Waals surface area contributed by atoms with Gasteiger partial charge in [0, 0.05) is 54.5 Å². The molecule has 328 valence electrons. The van der Waals surface area contributed by atoms with Gasteiger partial charge in [-0.1, -0.05) is 109 Å². The van der Waals surface area contributed by atoms with E-state index in [1.54, 1.807) is 0 Å². The Balaban J connectivity index is 0.868. The number of nitrogens with zero attached hydrogens (tertiary/aromatic N) is 4. The minimum atomic E-state index is 0.798. The number of rotatable bonds is 6.